The van der Waals surface area contributed by atoms with Gasteiger partial charge in [-0.15, -0.1) is 0 Å². The maximum absolute atomic E-state index is 12.3. The normalized spacial score (nSPS) is 30.1. The van der Waals surface area contributed by atoms with Crippen LogP contribution >= 0.6 is 0 Å². The van der Waals surface area contributed by atoms with Crippen LogP contribution in [0.1, 0.15) is 33.1 Å². The monoisotopic (exact) mass is 270 g/mol. The van der Waals surface area contributed by atoms with E-state index in [-0.39, 0.29) is 24.2 Å². The Labute approximate surface area is 115 Å². The molecular weight excluding hydrogens is 244 g/mol. The zero-order valence-corrected chi connectivity index (χ0v) is 12.1. The predicted octanol–water partition coefficient (Wildman–Crippen LogP) is 0.781. The minimum absolute atomic E-state index is 0.102. The number of rotatable bonds is 4. The molecule has 0 aromatic rings. The maximum Gasteiger partial charge on any atom is 0.251 e. The second kappa shape index (κ2) is 7.22. The molecule has 2 saturated heterocycles. The first-order valence-corrected chi connectivity index (χ1v) is 7.43. The van der Waals surface area contributed by atoms with Crippen molar-refractivity contribution in [2.45, 2.75) is 51.4 Å². The van der Waals surface area contributed by atoms with Crippen LogP contribution < -0.4 is 5.32 Å². The van der Waals surface area contributed by atoms with Crippen molar-refractivity contribution in [3.8, 4) is 0 Å². The molecule has 2 fully saturated rings. The van der Waals surface area contributed by atoms with E-state index in [9.17, 15) is 4.79 Å². The molecule has 0 spiro atoms. The summed E-state index contributed by atoms with van der Waals surface area (Å²) in [6, 6.07) is 0.248. The zero-order valence-electron chi connectivity index (χ0n) is 12.1. The maximum atomic E-state index is 12.3. The van der Waals surface area contributed by atoms with Gasteiger partial charge in [-0.3, -0.25) is 4.79 Å². The molecule has 0 aromatic carbocycles. The van der Waals surface area contributed by atoms with E-state index in [4.69, 9.17) is 9.47 Å². The second-order valence-electron chi connectivity index (χ2n) is 5.55. The Hall–Kier alpha value is -0.650. The van der Waals surface area contributed by atoms with E-state index in [1.54, 1.807) is 0 Å². The van der Waals surface area contributed by atoms with Gasteiger partial charge in [0.2, 0.25) is 0 Å². The number of amides is 1. The van der Waals surface area contributed by atoms with E-state index in [0.717, 1.165) is 39.1 Å². The SMILES string of the molecule is CC(OCC1CCCCO1)C(=O)N1CCNC[C@H]1C. The summed E-state index contributed by atoms with van der Waals surface area (Å²) in [5, 5.41) is 3.29. The van der Waals surface area contributed by atoms with Crippen molar-refractivity contribution in [3.05, 3.63) is 0 Å². The average Bonchev–Trinajstić information content (AvgIpc) is 2.45. The molecule has 1 amide bonds. The van der Waals surface area contributed by atoms with Gasteiger partial charge in [-0.05, 0) is 33.1 Å². The third-order valence-corrected chi connectivity index (χ3v) is 3.94. The quantitative estimate of drug-likeness (QED) is 0.820. The number of carbonyl (C=O) groups excluding carboxylic acids is 1. The molecule has 5 nitrogen and oxygen atoms in total. The smallest absolute Gasteiger partial charge is 0.251 e. The Morgan fingerprint density at radius 1 is 1.53 bits per heavy atom. The third-order valence-electron chi connectivity index (χ3n) is 3.94. The molecule has 0 saturated carbocycles. The average molecular weight is 270 g/mol. The molecular formula is C14H26N2O3. The molecule has 0 aromatic heterocycles. The van der Waals surface area contributed by atoms with Crippen LogP contribution in [-0.2, 0) is 14.3 Å². The van der Waals surface area contributed by atoms with E-state index in [0.29, 0.717) is 6.61 Å². The molecule has 19 heavy (non-hydrogen) atoms. The van der Waals surface area contributed by atoms with Gasteiger partial charge in [0, 0.05) is 32.3 Å². The van der Waals surface area contributed by atoms with Crippen molar-refractivity contribution in [3.63, 3.8) is 0 Å². The summed E-state index contributed by atoms with van der Waals surface area (Å²) in [5.41, 5.74) is 0. The summed E-state index contributed by atoms with van der Waals surface area (Å²) in [5.74, 6) is 0.102. The molecule has 0 aliphatic carbocycles. The van der Waals surface area contributed by atoms with Crippen LogP contribution in [-0.4, -0.2) is 61.9 Å². The Kier molecular flexibility index (Phi) is 5.60. The lowest BCUT2D eigenvalue weighted by molar-refractivity contribution is -0.148. The largest absolute Gasteiger partial charge is 0.376 e. The number of hydrogen-bond donors (Lipinski definition) is 1. The Morgan fingerprint density at radius 3 is 3.05 bits per heavy atom. The van der Waals surface area contributed by atoms with Crippen LogP contribution in [0.4, 0.5) is 0 Å². The molecule has 110 valence electrons. The van der Waals surface area contributed by atoms with Gasteiger partial charge in [-0.1, -0.05) is 0 Å². The minimum Gasteiger partial charge on any atom is -0.376 e. The lowest BCUT2D eigenvalue weighted by Crippen LogP contribution is -2.55. The number of piperazine rings is 1. The molecule has 2 aliphatic rings. The van der Waals surface area contributed by atoms with Gasteiger partial charge in [0.05, 0.1) is 12.7 Å². The Morgan fingerprint density at radius 2 is 2.37 bits per heavy atom. The highest BCUT2D eigenvalue weighted by atomic mass is 16.5. The van der Waals surface area contributed by atoms with E-state index in [2.05, 4.69) is 12.2 Å². The van der Waals surface area contributed by atoms with Crippen LogP contribution in [0.5, 0.6) is 0 Å². The van der Waals surface area contributed by atoms with E-state index < -0.39 is 0 Å². The fourth-order valence-corrected chi connectivity index (χ4v) is 2.66. The van der Waals surface area contributed by atoms with Gasteiger partial charge in [-0.25, -0.2) is 0 Å². The highest BCUT2D eigenvalue weighted by Gasteiger charge is 2.28. The van der Waals surface area contributed by atoms with Gasteiger partial charge >= 0.3 is 0 Å². The molecule has 2 rings (SSSR count). The first-order valence-electron chi connectivity index (χ1n) is 7.43. The van der Waals surface area contributed by atoms with Crippen molar-refractivity contribution >= 4 is 5.91 Å². The molecule has 5 heteroatoms. The molecule has 3 atom stereocenters. The Bertz CT molecular complexity index is 292. The van der Waals surface area contributed by atoms with Crippen LogP contribution in [0.25, 0.3) is 0 Å². The van der Waals surface area contributed by atoms with E-state index >= 15 is 0 Å². The number of hydrogen-bond acceptors (Lipinski definition) is 4. The standard InChI is InChI=1S/C14H26N2O3/c1-11-9-15-6-7-16(11)14(17)12(2)19-10-13-5-3-4-8-18-13/h11-13,15H,3-10H2,1-2H3/t11-,12?,13?/m1/s1. The first kappa shape index (κ1) is 14.8. The number of nitrogens with one attached hydrogen (secondary N) is 1. The van der Waals surface area contributed by atoms with Gasteiger partial charge in [0.25, 0.3) is 5.91 Å². The topological polar surface area (TPSA) is 50.8 Å². The second-order valence-corrected chi connectivity index (χ2v) is 5.55. The summed E-state index contributed by atoms with van der Waals surface area (Å²) in [7, 11) is 0. The van der Waals surface area contributed by atoms with Gasteiger partial charge in [0.1, 0.15) is 6.10 Å². The zero-order chi connectivity index (χ0) is 13.7. The molecule has 2 unspecified atom stereocenters. The van der Waals surface area contributed by atoms with Gasteiger partial charge in [0.15, 0.2) is 0 Å². The Balaban J connectivity index is 1.74. The van der Waals surface area contributed by atoms with Crippen molar-refractivity contribution < 1.29 is 14.3 Å². The lowest BCUT2D eigenvalue weighted by Gasteiger charge is -2.35. The van der Waals surface area contributed by atoms with Crippen molar-refractivity contribution in [1.29, 1.82) is 0 Å². The minimum atomic E-state index is -0.369. The first-order chi connectivity index (χ1) is 9.18. The van der Waals surface area contributed by atoms with Crippen LogP contribution in [0, 0.1) is 0 Å². The van der Waals surface area contributed by atoms with Crippen LogP contribution in [0.2, 0.25) is 0 Å². The molecule has 0 radical (unpaired) electrons. The van der Waals surface area contributed by atoms with Crippen molar-refractivity contribution in [2.24, 2.45) is 0 Å². The highest BCUT2D eigenvalue weighted by Crippen LogP contribution is 2.14. The van der Waals surface area contributed by atoms with Crippen molar-refractivity contribution in [2.75, 3.05) is 32.8 Å². The summed E-state index contributed by atoms with van der Waals surface area (Å²) in [4.78, 5) is 14.2. The number of ether oxygens (including phenoxy) is 2. The fraction of sp³-hybridized carbons (Fsp3) is 0.929. The number of nitrogens with zero attached hydrogens (tertiary/aromatic N) is 1. The fourth-order valence-electron chi connectivity index (χ4n) is 2.66. The van der Waals surface area contributed by atoms with Gasteiger partial charge in [-0.2, -0.15) is 0 Å². The molecule has 2 heterocycles. The molecule has 1 N–H and O–H groups in total. The number of carbonyl (C=O) groups is 1. The third kappa shape index (κ3) is 4.16. The summed E-state index contributed by atoms with van der Waals surface area (Å²) in [6.07, 6.45) is 3.19. The summed E-state index contributed by atoms with van der Waals surface area (Å²) >= 11 is 0. The van der Waals surface area contributed by atoms with Crippen LogP contribution in [0.3, 0.4) is 0 Å². The lowest BCUT2D eigenvalue weighted by atomic mass is 10.1. The highest BCUT2D eigenvalue weighted by molar-refractivity contribution is 5.81. The molecule has 2 aliphatic heterocycles. The molecule has 0 bridgehead atoms. The van der Waals surface area contributed by atoms with Crippen molar-refractivity contribution in [1.82, 2.24) is 10.2 Å². The van der Waals surface area contributed by atoms with Crippen LogP contribution in [0.15, 0.2) is 0 Å². The summed E-state index contributed by atoms with van der Waals surface area (Å²) in [6.45, 7) is 7.78. The predicted molar refractivity (Wildman–Crippen MR) is 73.0 cm³/mol. The van der Waals surface area contributed by atoms with E-state index in [1.165, 1.54) is 6.42 Å². The summed E-state index contributed by atoms with van der Waals surface area (Å²) < 4.78 is 11.3. The van der Waals surface area contributed by atoms with E-state index in [1.807, 2.05) is 11.8 Å². The van der Waals surface area contributed by atoms with Gasteiger partial charge < -0.3 is 19.7 Å².